The zero-order chi connectivity index (χ0) is 5.11. The first-order chi connectivity index (χ1) is 3.43. The standard InChI is InChI=1S/C4H6N2S.BrH/c5-1-4-2-6-3-7-4;/h2-3H,1,5H2;1H. The highest BCUT2D eigenvalue weighted by Gasteiger charge is 1.84. The number of thiazole rings is 1. The summed E-state index contributed by atoms with van der Waals surface area (Å²) in [7, 11) is 0. The molecular formula is C4H7BrN2S. The summed E-state index contributed by atoms with van der Waals surface area (Å²) in [4.78, 5) is 4.97. The molecule has 1 aromatic rings. The number of rotatable bonds is 1. The average molecular weight is 195 g/mol. The third-order valence-electron chi connectivity index (χ3n) is 0.685. The van der Waals surface area contributed by atoms with Crippen LogP contribution in [-0.2, 0) is 6.54 Å². The summed E-state index contributed by atoms with van der Waals surface area (Å²) in [6, 6.07) is 0. The molecule has 2 nitrogen and oxygen atoms in total. The van der Waals surface area contributed by atoms with Crippen LogP contribution in [-0.4, -0.2) is 4.98 Å². The Kier molecular flexibility index (Phi) is 4.03. The van der Waals surface area contributed by atoms with E-state index in [0.29, 0.717) is 6.54 Å². The van der Waals surface area contributed by atoms with Crippen LogP contribution in [0.25, 0.3) is 0 Å². The van der Waals surface area contributed by atoms with Gasteiger partial charge in [0, 0.05) is 17.6 Å². The second-order valence-corrected chi connectivity index (χ2v) is 2.14. The van der Waals surface area contributed by atoms with Crippen molar-refractivity contribution in [3.63, 3.8) is 0 Å². The van der Waals surface area contributed by atoms with E-state index >= 15 is 0 Å². The molecule has 1 aromatic heterocycles. The van der Waals surface area contributed by atoms with E-state index in [2.05, 4.69) is 4.98 Å². The van der Waals surface area contributed by atoms with E-state index < -0.39 is 0 Å². The van der Waals surface area contributed by atoms with E-state index in [1.165, 1.54) is 0 Å². The van der Waals surface area contributed by atoms with Gasteiger partial charge < -0.3 is 5.73 Å². The van der Waals surface area contributed by atoms with Crippen molar-refractivity contribution in [2.24, 2.45) is 5.73 Å². The number of hydrogen-bond acceptors (Lipinski definition) is 3. The molecule has 0 radical (unpaired) electrons. The summed E-state index contributed by atoms with van der Waals surface area (Å²) in [5.74, 6) is 0. The molecule has 1 rings (SSSR count). The van der Waals surface area contributed by atoms with Crippen LogP contribution < -0.4 is 5.73 Å². The Morgan fingerprint density at radius 3 is 2.75 bits per heavy atom. The van der Waals surface area contributed by atoms with Crippen molar-refractivity contribution in [2.75, 3.05) is 0 Å². The Balaban J connectivity index is 0.000000490. The van der Waals surface area contributed by atoms with Crippen LogP contribution in [0.2, 0.25) is 0 Å². The Bertz CT molecular complexity index is 129. The smallest absolute Gasteiger partial charge is 0.0794 e. The third kappa shape index (κ3) is 1.90. The normalized spacial score (nSPS) is 8.12. The van der Waals surface area contributed by atoms with Crippen LogP contribution >= 0.6 is 28.3 Å². The van der Waals surface area contributed by atoms with Gasteiger partial charge >= 0.3 is 0 Å². The van der Waals surface area contributed by atoms with Crippen LogP contribution in [0.1, 0.15) is 4.88 Å². The predicted molar refractivity (Wildman–Crippen MR) is 40.3 cm³/mol. The quantitative estimate of drug-likeness (QED) is 0.730. The fourth-order valence-corrected chi connectivity index (χ4v) is 0.818. The molecule has 0 saturated heterocycles. The van der Waals surface area contributed by atoms with E-state index in [1.807, 2.05) is 0 Å². The lowest BCUT2D eigenvalue weighted by molar-refractivity contribution is 1.10. The highest BCUT2D eigenvalue weighted by molar-refractivity contribution is 8.93. The first-order valence-corrected chi connectivity index (χ1v) is 2.89. The summed E-state index contributed by atoms with van der Waals surface area (Å²) >= 11 is 1.59. The van der Waals surface area contributed by atoms with Crippen molar-refractivity contribution in [1.82, 2.24) is 4.98 Å². The minimum absolute atomic E-state index is 0. The molecule has 0 aliphatic heterocycles. The van der Waals surface area contributed by atoms with Gasteiger partial charge in [0.15, 0.2) is 0 Å². The van der Waals surface area contributed by atoms with Gasteiger partial charge in [-0.3, -0.25) is 4.98 Å². The van der Waals surface area contributed by atoms with E-state index in [1.54, 1.807) is 23.0 Å². The zero-order valence-electron chi connectivity index (χ0n) is 4.20. The molecule has 0 amide bonds. The molecule has 0 aromatic carbocycles. The molecule has 0 bridgehead atoms. The Labute approximate surface area is 62.5 Å². The van der Waals surface area contributed by atoms with Crippen LogP contribution in [0.3, 0.4) is 0 Å². The van der Waals surface area contributed by atoms with Crippen molar-refractivity contribution in [2.45, 2.75) is 6.54 Å². The lowest BCUT2D eigenvalue weighted by Crippen LogP contribution is -1.91. The SMILES string of the molecule is Br.NCc1cncs1. The van der Waals surface area contributed by atoms with Crippen molar-refractivity contribution < 1.29 is 0 Å². The predicted octanol–water partition coefficient (Wildman–Crippen LogP) is 1.18. The van der Waals surface area contributed by atoms with Gasteiger partial charge in [-0.1, -0.05) is 0 Å². The van der Waals surface area contributed by atoms with Gasteiger partial charge in [0.1, 0.15) is 0 Å². The molecule has 46 valence electrons. The lowest BCUT2D eigenvalue weighted by atomic mass is 10.6. The monoisotopic (exact) mass is 194 g/mol. The van der Waals surface area contributed by atoms with E-state index in [0.717, 1.165) is 4.88 Å². The molecule has 8 heavy (non-hydrogen) atoms. The van der Waals surface area contributed by atoms with Crippen molar-refractivity contribution >= 4 is 28.3 Å². The van der Waals surface area contributed by atoms with Crippen molar-refractivity contribution in [3.8, 4) is 0 Å². The number of nitrogens with two attached hydrogens (primary N) is 1. The van der Waals surface area contributed by atoms with E-state index in [-0.39, 0.29) is 17.0 Å². The Morgan fingerprint density at radius 1 is 1.75 bits per heavy atom. The maximum Gasteiger partial charge on any atom is 0.0794 e. The largest absolute Gasteiger partial charge is 0.326 e. The Hall–Kier alpha value is 0.0700. The molecule has 0 aliphatic carbocycles. The van der Waals surface area contributed by atoms with Gasteiger partial charge in [0.25, 0.3) is 0 Å². The highest BCUT2D eigenvalue weighted by atomic mass is 79.9. The topological polar surface area (TPSA) is 38.9 Å². The van der Waals surface area contributed by atoms with Gasteiger partial charge in [0.05, 0.1) is 5.51 Å². The fraction of sp³-hybridized carbons (Fsp3) is 0.250. The number of nitrogens with zero attached hydrogens (tertiary/aromatic N) is 1. The van der Waals surface area contributed by atoms with Gasteiger partial charge in [0.2, 0.25) is 0 Å². The van der Waals surface area contributed by atoms with Gasteiger partial charge in [-0.15, -0.1) is 28.3 Å². The summed E-state index contributed by atoms with van der Waals surface area (Å²) in [6.07, 6.45) is 1.78. The number of halogens is 1. The molecule has 0 unspecified atom stereocenters. The number of hydrogen-bond donors (Lipinski definition) is 1. The second kappa shape index (κ2) is 4.00. The molecular weight excluding hydrogens is 188 g/mol. The van der Waals surface area contributed by atoms with Crippen molar-refractivity contribution in [1.29, 1.82) is 0 Å². The van der Waals surface area contributed by atoms with Crippen molar-refractivity contribution in [3.05, 3.63) is 16.6 Å². The molecule has 4 heteroatoms. The molecule has 0 spiro atoms. The van der Waals surface area contributed by atoms with Gasteiger partial charge in [-0.2, -0.15) is 0 Å². The maximum atomic E-state index is 5.26. The molecule has 0 fully saturated rings. The highest BCUT2D eigenvalue weighted by Crippen LogP contribution is 2.01. The Morgan fingerprint density at radius 2 is 2.50 bits per heavy atom. The van der Waals surface area contributed by atoms with Crippen LogP contribution in [0.15, 0.2) is 11.7 Å². The molecule has 0 atom stereocenters. The van der Waals surface area contributed by atoms with Crippen LogP contribution in [0.5, 0.6) is 0 Å². The second-order valence-electron chi connectivity index (χ2n) is 1.17. The van der Waals surface area contributed by atoms with E-state index in [9.17, 15) is 0 Å². The molecule has 1 heterocycles. The van der Waals surface area contributed by atoms with Crippen LogP contribution in [0.4, 0.5) is 0 Å². The number of aromatic nitrogens is 1. The minimum Gasteiger partial charge on any atom is -0.326 e. The lowest BCUT2D eigenvalue weighted by Gasteiger charge is -1.77. The molecule has 0 aliphatic rings. The molecule has 2 N–H and O–H groups in total. The summed E-state index contributed by atoms with van der Waals surface area (Å²) in [6.45, 7) is 0.616. The first-order valence-electron chi connectivity index (χ1n) is 2.01. The van der Waals surface area contributed by atoms with Gasteiger partial charge in [-0.25, -0.2) is 0 Å². The third-order valence-corrected chi connectivity index (χ3v) is 1.49. The first kappa shape index (κ1) is 8.07. The minimum atomic E-state index is 0. The maximum absolute atomic E-state index is 5.26. The summed E-state index contributed by atoms with van der Waals surface area (Å²) in [5.41, 5.74) is 7.04. The summed E-state index contributed by atoms with van der Waals surface area (Å²) in [5, 5.41) is 0. The summed E-state index contributed by atoms with van der Waals surface area (Å²) < 4.78 is 0. The molecule has 0 saturated carbocycles. The van der Waals surface area contributed by atoms with E-state index in [4.69, 9.17) is 5.73 Å². The van der Waals surface area contributed by atoms with Gasteiger partial charge in [-0.05, 0) is 0 Å². The fourth-order valence-electron chi connectivity index (χ4n) is 0.343. The average Bonchev–Trinajstić information content (AvgIpc) is 2.14. The van der Waals surface area contributed by atoms with Crippen LogP contribution in [0, 0.1) is 0 Å². The zero-order valence-corrected chi connectivity index (χ0v) is 6.73.